The van der Waals surface area contributed by atoms with E-state index in [1.165, 1.54) is 5.01 Å². The molecule has 1 aromatic heterocycles. The SMILES string of the molecule is C[C@@H](O)CNC(C)(C)CC(=O)NN(Cc1ccc(-c2ccccc2-c2nn[nH]n2)cc1)C(=O)CCOCc1ccccc1. The molecule has 4 rings (SSSR count). The maximum atomic E-state index is 13.3. The molecule has 0 bridgehead atoms. The van der Waals surface area contributed by atoms with Gasteiger partial charge in [0.15, 0.2) is 0 Å². The van der Waals surface area contributed by atoms with Crippen molar-refractivity contribution in [2.45, 2.75) is 58.4 Å². The Balaban J connectivity index is 1.44. The molecule has 1 atom stereocenters. The van der Waals surface area contributed by atoms with E-state index in [0.717, 1.165) is 27.8 Å². The van der Waals surface area contributed by atoms with E-state index < -0.39 is 11.6 Å². The fraction of sp³-hybridized carbons (Fsp3) is 0.344. The number of tetrazole rings is 1. The van der Waals surface area contributed by atoms with E-state index in [1.54, 1.807) is 6.92 Å². The van der Waals surface area contributed by atoms with Crippen LogP contribution in [0.4, 0.5) is 0 Å². The molecule has 1 heterocycles. The summed E-state index contributed by atoms with van der Waals surface area (Å²) in [6.07, 6.45) is -0.328. The smallest absolute Gasteiger partial charge is 0.243 e. The maximum Gasteiger partial charge on any atom is 0.243 e. The molecule has 4 N–H and O–H groups in total. The number of hydrogen-bond donors (Lipinski definition) is 4. The number of aromatic amines is 1. The molecule has 0 aliphatic heterocycles. The number of hydrazine groups is 1. The van der Waals surface area contributed by atoms with Crippen molar-refractivity contribution in [3.63, 3.8) is 0 Å². The number of H-pyrrole nitrogens is 1. The Morgan fingerprint density at radius 1 is 0.977 bits per heavy atom. The van der Waals surface area contributed by atoms with Crippen LogP contribution in [0.15, 0.2) is 78.9 Å². The van der Waals surface area contributed by atoms with Gasteiger partial charge in [-0.3, -0.25) is 15.0 Å². The predicted octanol–water partition coefficient (Wildman–Crippen LogP) is 3.64. The molecule has 226 valence electrons. The number of aliphatic hydroxyl groups excluding tert-OH is 1. The molecule has 0 radical (unpaired) electrons. The van der Waals surface area contributed by atoms with Gasteiger partial charge in [-0.25, -0.2) is 5.01 Å². The van der Waals surface area contributed by atoms with Crippen LogP contribution >= 0.6 is 0 Å². The average molecular weight is 586 g/mol. The van der Waals surface area contributed by atoms with Gasteiger partial charge >= 0.3 is 0 Å². The number of nitrogens with zero attached hydrogens (tertiary/aromatic N) is 4. The Bertz CT molecular complexity index is 1440. The number of benzene rings is 3. The number of hydrogen-bond acceptors (Lipinski definition) is 8. The molecule has 0 saturated heterocycles. The van der Waals surface area contributed by atoms with E-state index in [0.29, 0.717) is 19.0 Å². The molecule has 11 nitrogen and oxygen atoms in total. The quantitative estimate of drug-likeness (QED) is 0.130. The van der Waals surface area contributed by atoms with E-state index in [-0.39, 0.29) is 37.8 Å². The van der Waals surface area contributed by atoms with Crippen molar-refractivity contribution >= 4 is 11.8 Å². The molecule has 0 spiro atoms. The van der Waals surface area contributed by atoms with Crippen molar-refractivity contribution < 1.29 is 19.4 Å². The first-order valence-electron chi connectivity index (χ1n) is 14.3. The van der Waals surface area contributed by atoms with Crippen LogP contribution in [0, 0.1) is 0 Å². The summed E-state index contributed by atoms with van der Waals surface area (Å²) in [5, 5.41) is 28.5. The third-order valence-electron chi connectivity index (χ3n) is 6.73. The van der Waals surface area contributed by atoms with Crippen LogP contribution < -0.4 is 10.7 Å². The van der Waals surface area contributed by atoms with E-state index in [2.05, 4.69) is 31.4 Å². The lowest BCUT2D eigenvalue weighted by molar-refractivity contribution is -0.143. The minimum atomic E-state index is -0.581. The summed E-state index contributed by atoms with van der Waals surface area (Å²) in [6, 6.07) is 25.3. The highest BCUT2D eigenvalue weighted by Crippen LogP contribution is 2.29. The number of carbonyl (C=O) groups is 2. The fourth-order valence-electron chi connectivity index (χ4n) is 4.50. The van der Waals surface area contributed by atoms with Gasteiger partial charge in [0, 0.05) is 24.1 Å². The third kappa shape index (κ3) is 9.81. The van der Waals surface area contributed by atoms with E-state index in [4.69, 9.17) is 4.74 Å². The van der Waals surface area contributed by atoms with Gasteiger partial charge in [-0.1, -0.05) is 78.9 Å². The lowest BCUT2D eigenvalue weighted by atomic mass is 9.98. The second-order valence-electron chi connectivity index (χ2n) is 11.1. The van der Waals surface area contributed by atoms with Gasteiger partial charge in [0.2, 0.25) is 17.6 Å². The van der Waals surface area contributed by atoms with Crippen molar-refractivity contribution in [1.82, 2.24) is 36.4 Å². The zero-order valence-corrected chi connectivity index (χ0v) is 24.8. The lowest BCUT2D eigenvalue weighted by Crippen LogP contribution is -2.51. The van der Waals surface area contributed by atoms with Crippen LogP contribution in [-0.2, 0) is 27.5 Å². The number of carbonyl (C=O) groups excluding carboxylic acids is 2. The van der Waals surface area contributed by atoms with Gasteiger partial charge in [0.05, 0.1) is 32.3 Å². The van der Waals surface area contributed by atoms with Gasteiger partial charge in [0.1, 0.15) is 0 Å². The minimum Gasteiger partial charge on any atom is -0.392 e. The van der Waals surface area contributed by atoms with Crippen molar-refractivity contribution in [1.29, 1.82) is 0 Å². The topological polar surface area (TPSA) is 145 Å². The summed E-state index contributed by atoms with van der Waals surface area (Å²) in [7, 11) is 0. The number of β-amino-alcohol motifs (C(OH)–C–C–N with tert-alkyl or cyclic N) is 1. The lowest BCUT2D eigenvalue weighted by Gasteiger charge is -2.29. The summed E-state index contributed by atoms with van der Waals surface area (Å²) in [6.45, 7) is 6.58. The molecule has 11 heteroatoms. The minimum absolute atomic E-state index is 0.104. The van der Waals surface area contributed by atoms with Crippen molar-refractivity contribution in [2.75, 3.05) is 13.2 Å². The van der Waals surface area contributed by atoms with Crippen LogP contribution in [0.3, 0.4) is 0 Å². The number of nitrogens with one attached hydrogen (secondary N) is 3. The summed E-state index contributed by atoms with van der Waals surface area (Å²) in [5.41, 5.74) is 6.82. The molecular weight excluding hydrogens is 546 g/mol. The molecule has 43 heavy (non-hydrogen) atoms. The molecular formula is C32H39N7O4. The third-order valence-corrected chi connectivity index (χ3v) is 6.73. The number of ether oxygens (including phenoxy) is 1. The van der Waals surface area contributed by atoms with Gasteiger partial charge in [-0.05, 0) is 48.2 Å². The van der Waals surface area contributed by atoms with E-state index in [1.807, 2.05) is 92.7 Å². The number of aromatic nitrogens is 4. The van der Waals surface area contributed by atoms with Crippen LogP contribution in [0.5, 0.6) is 0 Å². The molecule has 0 fully saturated rings. The van der Waals surface area contributed by atoms with Gasteiger partial charge in [-0.2, -0.15) is 5.21 Å². The van der Waals surface area contributed by atoms with Gasteiger partial charge in [-0.15, -0.1) is 10.2 Å². The standard InChI is InChI=1S/C32H39N7O4/c1-23(40)20-33-32(2,3)19-29(41)36-39(30(42)17-18-43-22-25-9-5-4-6-10-25)21-24-13-15-26(16-14-24)27-11-7-8-12-28(27)31-34-37-38-35-31/h4-16,23,33,40H,17-22H2,1-3H3,(H,36,41)(H,34,35,37,38)/t23-/m1/s1. The van der Waals surface area contributed by atoms with Crippen LogP contribution in [-0.4, -0.2) is 67.3 Å². The second-order valence-corrected chi connectivity index (χ2v) is 11.1. The summed E-state index contributed by atoms with van der Waals surface area (Å²) < 4.78 is 5.73. The highest BCUT2D eigenvalue weighted by molar-refractivity contribution is 5.83. The summed E-state index contributed by atoms with van der Waals surface area (Å²) in [5.74, 6) is -0.0745. The Hall–Kier alpha value is -4.45. The molecule has 0 saturated carbocycles. The Labute approximate surface area is 251 Å². The normalized spacial score (nSPS) is 12.1. The molecule has 3 aromatic carbocycles. The first-order chi connectivity index (χ1) is 20.7. The predicted molar refractivity (Wildman–Crippen MR) is 163 cm³/mol. The van der Waals surface area contributed by atoms with Gasteiger partial charge < -0.3 is 15.2 Å². The monoisotopic (exact) mass is 585 g/mol. The first kappa shape index (κ1) is 31.5. The second kappa shape index (κ2) is 15.1. The van der Waals surface area contributed by atoms with Crippen LogP contribution in [0.2, 0.25) is 0 Å². The Kier molecular flexibility index (Phi) is 11.1. The molecule has 0 aliphatic carbocycles. The summed E-state index contributed by atoms with van der Waals surface area (Å²) >= 11 is 0. The average Bonchev–Trinajstić information content (AvgIpc) is 3.54. The summed E-state index contributed by atoms with van der Waals surface area (Å²) in [4.78, 5) is 26.4. The highest BCUT2D eigenvalue weighted by Gasteiger charge is 2.25. The van der Waals surface area contributed by atoms with Crippen molar-refractivity contribution in [3.8, 4) is 22.5 Å². The van der Waals surface area contributed by atoms with E-state index in [9.17, 15) is 14.7 Å². The molecule has 0 unspecified atom stereocenters. The number of amides is 2. The zero-order valence-electron chi connectivity index (χ0n) is 24.8. The van der Waals surface area contributed by atoms with Crippen molar-refractivity contribution in [3.05, 3.63) is 90.0 Å². The zero-order chi connectivity index (χ0) is 30.7. The molecule has 2 amide bonds. The largest absolute Gasteiger partial charge is 0.392 e. The first-order valence-corrected chi connectivity index (χ1v) is 14.3. The molecule has 4 aromatic rings. The highest BCUT2D eigenvalue weighted by atomic mass is 16.5. The fourth-order valence-corrected chi connectivity index (χ4v) is 4.50. The van der Waals surface area contributed by atoms with Crippen LogP contribution in [0.25, 0.3) is 22.5 Å². The number of rotatable bonds is 14. The van der Waals surface area contributed by atoms with Gasteiger partial charge in [0.25, 0.3) is 0 Å². The Morgan fingerprint density at radius 3 is 2.35 bits per heavy atom. The van der Waals surface area contributed by atoms with E-state index >= 15 is 0 Å². The molecule has 0 aliphatic rings. The maximum absolute atomic E-state index is 13.3. The van der Waals surface area contributed by atoms with Crippen LogP contribution in [0.1, 0.15) is 44.7 Å². The Morgan fingerprint density at radius 2 is 1.67 bits per heavy atom. The van der Waals surface area contributed by atoms with Crippen molar-refractivity contribution in [2.24, 2.45) is 0 Å². The number of aliphatic hydroxyl groups is 1.